The molecule has 0 aliphatic heterocycles. The van der Waals surface area contributed by atoms with Crippen LogP contribution in [0.5, 0.6) is 5.75 Å². The number of hydrogen-bond donors (Lipinski definition) is 2. The maximum Gasteiger partial charge on any atom is 0.314 e. The standard InChI is InChI=1S/C20H35N3O2/c1-6-23(7-2)15-14-22-19(24)21-13-8-16-25-18-11-9-17(10-12-18)20(3,4)5/h9-12H,6-8,13-16H2,1-5H3,(H2,21,22,24). The van der Waals surface area contributed by atoms with E-state index in [1.807, 2.05) is 12.1 Å². The van der Waals surface area contributed by atoms with Gasteiger partial charge in [-0.1, -0.05) is 46.8 Å². The van der Waals surface area contributed by atoms with Crippen LogP contribution in [0.25, 0.3) is 0 Å². The van der Waals surface area contributed by atoms with Crippen molar-refractivity contribution < 1.29 is 9.53 Å². The van der Waals surface area contributed by atoms with Gasteiger partial charge in [0.05, 0.1) is 6.61 Å². The third kappa shape index (κ3) is 8.77. The minimum Gasteiger partial charge on any atom is -0.494 e. The minimum absolute atomic E-state index is 0.110. The molecule has 0 aliphatic carbocycles. The molecule has 0 heterocycles. The van der Waals surface area contributed by atoms with Gasteiger partial charge in [-0.05, 0) is 42.6 Å². The lowest BCUT2D eigenvalue weighted by molar-refractivity contribution is 0.235. The number of nitrogens with zero attached hydrogens (tertiary/aromatic N) is 1. The number of nitrogens with one attached hydrogen (secondary N) is 2. The summed E-state index contributed by atoms with van der Waals surface area (Å²) in [5.41, 5.74) is 1.45. The van der Waals surface area contributed by atoms with Crippen molar-refractivity contribution in [3.8, 4) is 5.75 Å². The lowest BCUT2D eigenvalue weighted by atomic mass is 9.87. The van der Waals surface area contributed by atoms with E-state index < -0.39 is 0 Å². The monoisotopic (exact) mass is 349 g/mol. The number of carbonyl (C=O) groups excluding carboxylic acids is 1. The second kappa shape index (κ2) is 11.0. The fourth-order valence-corrected chi connectivity index (χ4v) is 2.45. The summed E-state index contributed by atoms with van der Waals surface area (Å²) in [7, 11) is 0. The highest BCUT2D eigenvalue weighted by molar-refractivity contribution is 5.73. The van der Waals surface area contributed by atoms with Gasteiger partial charge in [0.15, 0.2) is 0 Å². The van der Waals surface area contributed by atoms with Gasteiger partial charge in [-0.2, -0.15) is 0 Å². The molecule has 1 aromatic rings. The molecule has 1 rings (SSSR count). The summed E-state index contributed by atoms with van der Waals surface area (Å²) in [4.78, 5) is 14.0. The molecule has 0 radical (unpaired) electrons. The van der Waals surface area contributed by atoms with E-state index in [4.69, 9.17) is 4.74 Å². The van der Waals surface area contributed by atoms with Crippen molar-refractivity contribution >= 4 is 6.03 Å². The van der Waals surface area contributed by atoms with Gasteiger partial charge >= 0.3 is 6.03 Å². The Labute approximate surface area is 153 Å². The Bertz CT molecular complexity index is 491. The normalized spacial score (nSPS) is 11.4. The molecule has 0 spiro atoms. The van der Waals surface area contributed by atoms with Crippen LogP contribution < -0.4 is 15.4 Å². The van der Waals surface area contributed by atoms with Crippen LogP contribution in [0.4, 0.5) is 4.79 Å². The van der Waals surface area contributed by atoms with Crippen molar-refractivity contribution in [2.75, 3.05) is 39.3 Å². The third-order valence-corrected chi connectivity index (χ3v) is 4.20. The summed E-state index contributed by atoms with van der Waals surface area (Å²) in [5, 5.41) is 5.74. The summed E-state index contributed by atoms with van der Waals surface area (Å²) >= 11 is 0. The molecule has 5 heteroatoms. The number of likely N-dealkylation sites (N-methyl/N-ethyl adjacent to an activating group) is 1. The Hall–Kier alpha value is -1.75. The van der Waals surface area contributed by atoms with Crippen molar-refractivity contribution in [2.45, 2.75) is 46.5 Å². The van der Waals surface area contributed by atoms with Crippen LogP contribution in [0, 0.1) is 0 Å². The molecular formula is C20H35N3O2. The average molecular weight is 350 g/mol. The summed E-state index contributed by atoms with van der Waals surface area (Å²) in [6, 6.07) is 8.12. The number of urea groups is 1. The molecule has 1 aromatic carbocycles. The summed E-state index contributed by atoms with van der Waals surface area (Å²) in [5.74, 6) is 0.872. The largest absolute Gasteiger partial charge is 0.494 e. The Morgan fingerprint density at radius 3 is 2.20 bits per heavy atom. The molecule has 0 saturated carbocycles. The van der Waals surface area contributed by atoms with Crippen molar-refractivity contribution in [3.63, 3.8) is 0 Å². The van der Waals surface area contributed by atoms with Crippen LogP contribution in [0.3, 0.4) is 0 Å². The molecule has 25 heavy (non-hydrogen) atoms. The molecule has 0 aliphatic rings. The van der Waals surface area contributed by atoms with E-state index in [-0.39, 0.29) is 11.4 Å². The fourth-order valence-electron chi connectivity index (χ4n) is 2.45. The first kappa shape index (κ1) is 21.3. The number of benzene rings is 1. The second-order valence-electron chi connectivity index (χ2n) is 7.19. The van der Waals surface area contributed by atoms with E-state index >= 15 is 0 Å². The first-order chi connectivity index (χ1) is 11.9. The van der Waals surface area contributed by atoms with Gasteiger partial charge < -0.3 is 20.3 Å². The number of ether oxygens (including phenoxy) is 1. The summed E-state index contributed by atoms with van der Waals surface area (Å²) in [6.45, 7) is 15.6. The van der Waals surface area contributed by atoms with Crippen LogP contribution in [0.1, 0.15) is 46.6 Å². The van der Waals surface area contributed by atoms with Crippen molar-refractivity contribution in [3.05, 3.63) is 29.8 Å². The van der Waals surface area contributed by atoms with Gasteiger partial charge in [0.1, 0.15) is 5.75 Å². The first-order valence-corrected chi connectivity index (χ1v) is 9.34. The van der Waals surface area contributed by atoms with Gasteiger partial charge in [-0.3, -0.25) is 0 Å². The highest BCUT2D eigenvalue weighted by Gasteiger charge is 2.12. The Morgan fingerprint density at radius 2 is 1.64 bits per heavy atom. The van der Waals surface area contributed by atoms with E-state index in [2.05, 4.69) is 62.3 Å². The molecule has 0 saturated heterocycles. The highest BCUT2D eigenvalue weighted by Crippen LogP contribution is 2.24. The van der Waals surface area contributed by atoms with E-state index in [1.165, 1.54) is 5.56 Å². The molecule has 0 fully saturated rings. The van der Waals surface area contributed by atoms with Crippen molar-refractivity contribution in [1.82, 2.24) is 15.5 Å². The van der Waals surface area contributed by atoms with E-state index in [1.54, 1.807) is 0 Å². The zero-order valence-electron chi connectivity index (χ0n) is 16.5. The minimum atomic E-state index is -0.110. The van der Waals surface area contributed by atoms with Crippen LogP contribution in [-0.4, -0.2) is 50.3 Å². The molecule has 2 N–H and O–H groups in total. The van der Waals surface area contributed by atoms with Crippen LogP contribution in [0.2, 0.25) is 0 Å². The van der Waals surface area contributed by atoms with Gasteiger partial charge in [0.25, 0.3) is 0 Å². The second-order valence-corrected chi connectivity index (χ2v) is 7.19. The Morgan fingerprint density at radius 1 is 1.04 bits per heavy atom. The maximum absolute atomic E-state index is 11.7. The Balaban J connectivity index is 2.12. The average Bonchev–Trinajstić information content (AvgIpc) is 2.58. The molecule has 2 amide bonds. The molecule has 0 aromatic heterocycles. The molecule has 0 atom stereocenters. The van der Waals surface area contributed by atoms with Crippen LogP contribution >= 0.6 is 0 Å². The van der Waals surface area contributed by atoms with E-state index in [0.29, 0.717) is 19.7 Å². The first-order valence-electron chi connectivity index (χ1n) is 9.34. The maximum atomic E-state index is 11.7. The number of amides is 2. The van der Waals surface area contributed by atoms with Gasteiger partial charge in [-0.25, -0.2) is 4.79 Å². The van der Waals surface area contributed by atoms with E-state index in [9.17, 15) is 4.79 Å². The smallest absolute Gasteiger partial charge is 0.314 e. The van der Waals surface area contributed by atoms with Gasteiger partial charge in [0, 0.05) is 19.6 Å². The SMILES string of the molecule is CCN(CC)CCNC(=O)NCCCOc1ccc(C(C)(C)C)cc1. The number of rotatable bonds is 10. The van der Waals surface area contributed by atoms with Gasteiger partial charge in [-0.15, -0.1) is 0 Å². The number of hydrogen-bond acceptors (Lipinski definition) is 3. The molecule has 142 valence electrons. The zero-order chi connectivity index (χ0) is 18.7. The molecular weight excluding hydrogens is 314 g/mol. The lowest BCUT2D eigenvalue weighted by Gasteiger charge is -2.19. The number of carbonyl (C=O) groups is 1. The Kier molecular flexibility index (Phi) is 9.35. The third-order valence-electron chi connectivity index (χ3n) is 4.20. The van der Waals surface area contributed by atoms with E-state index in [0.717, 1.165) is 31.8 Å². The topological polar surface area (TPSA) is 53.6 Å². The van der Waals surface area contributed by atoms with Crippen LogP contribution in [-0.2, 0) is 5.41 Å². The molecule has 0 unspecified atom stereocenters. The molecule has 0 bridgehead atoms. The van der Waals surface area contributed by atoms with Gasteiger partial charge in [0.2, 0.25) is 0 Å². The fraction of sp³-hybridized carbons (Fsp3) is 0.650. The zero-order valence-corrected chi connectivity index (χ0v) is 16.5. The lowest BCUT2D eigenvalue weighted by Crippen LogP contribution is -2.40. The van der Waals surface area contributed by atoms with Crippen molar-refractivity contribution in [1.29, 1.82) is 0 Å². The summed E-state index contributed by atoms with van der Waals surface area (Å²) < 4.78 is 5.72. The molecule has 5 nitrogen and oxygen atoms in total. The van der Waals surface area contributed by atoms with Crippen LogP contribution in [0.15, 0.2) is 24.3 Å². The van der Waals surface area contributed by atoms with Crippen molar-refractivity contribution in [2.24, 2.45) is 0 Å². The highest BCUT2D eigenvalue weighted by atomic mass is 16.5. The quantitative estimate of drug-likeness (QED) is 0.637. The summed E-state index contributed by atoms with van der Waals surface area (Å²) in [6.07, 6.45) is 0.782. The predicted octanol–water partition coefficient (Wildman–Crippen LogP) is 3.39. The predicted molar refractivity (Wildman–Crippen MR) is 104 cm³/mol.